The molecule has 0 aliphatic carbocycles. The fourth-order valence-electron chi connectivity index (χ4n) is 0.918. The minimum Gasteiger partial charge on any atom is -0.0996 e. The van der Waals surface area contributed by atoms with Gasteiger partial charge in [-0.15, -0.1) is 0 Å². The van der Waals surface area contributed by atoms with Gasteiger partial charge in [0.1, 0.15) is 0 Å². The van der Waals surface area contributed by atoms with Crippen molar-refractivity contribution in [3.8, 4) is 0 Å². The molecule has 0 amide bonds. The van der Waals surface area contributed by atoms with Crippen molar-refractivity contribution in [2.75, 3.05) is 0 Å². The zero-order valence-electron chi connectivity index (χ0n) is 8.44. The van der Waals surface area contributed by atoms with Gasteiger partial charge in [-0.3, -0.25) is 0 Å². The molecule has 0 aliphatic heterocycles. The monoisotopic (exact) mass is 152 g/mol. The predicted octanol–water partition coefficient (Wildman–Crippen LogP) is 3.80. The van der Waals surface area contributed by atoms with Gasteiger partial charge in [0.15, 0.2) is 0 Å². The molecule has 0 rings (SSSR count). The summed E-state index contributed by atoms with van der Waals surface area (Å²) in [7, 11) is 0. The van der Waals surface area contributed by atoms with Crippen LogP contribution in [0, 0.1) is 11.3 Å². The zero-order valence-corrected chi connectivity index (χ0v) is 8.44. The molecule has 11 heavy (non-hydrogen) atoms. The van der Waals surface area contributed by atoms with E-state index in [1.807, 2.05) is 0 Å². The summed E-state index contributed by atoms with van der Waals surface area (Å²) < 4.78 is 0. The van der Waals surface area contributed by atoms with Crippen LogP contribution in [0.1, 0.15) is 34.6 Å². The molecule has 0 radical (unpaired) electrons. The van der Waals surface area contributed by atoms with Gasteiger partial charge in [0.05, 0.1) is 0 Å². The Labute approximate surface area is 71.0 Å². The third-order valence-corrected chi connectivity index (χ3v) is 2.72. The average Bonchev–Trinajstić information content (AvgIpc) is 1.88. The molecule has 0 heterocycles. The summed E-state index contributed by atoms with van der Waals surface area (Å²) >= 11 is 0. The first-order chi connectivity index (χ1) is 4.92. The maximum atomic E-state index is 4.00. The van der Waals surface area contributed by atoms with E-state index >= 15 is 0 Å². The Bertz CT molecular complexity index is 161. The number of rotatable bonds is 3. The van der Waals surface area contributed by atoms with E-state index < -0.39 is 0 Å². The van der Waals surface area contributed by atoms with E-state index in [-0.39, 0.29) is 5.41 Å². The van der Waals surface area contributed by atoms with Gasteiger partial charge in [0.2, 0.25) is 0 Å². The average molecular weight is 152 g/mol. The van der Waals surface area contributed by atoms with Crippen molar-refractivity contribution < 1.29 is 0 Å². The first kappa shape index (κ1) is 10.5. The molecular formula is C11H20. The Morgan fingerprint density at radius 2 is 1.91 bits per heavy atom. The van der Waals surface area contributed by atoms with Crippen LogP contribution >= 0.6 is 0 Å². The Kier molecular flexibility index (Phi) is 3.57. The van der Waals surface area contributed by atoms with Gasteiger partial charge in [-0.05, 0) is 25.2 Å². The van der Waals surface area contributed by atoms with Crippen molar-refractivity contribution in [2.45, 2.75) is 34.6 Å². The Morgan fingerprint density at radius 3 is 2.18 bits per heavy atom. The second-order valence-corrected chi connectivity index (χ2v) is 3.82. The van der Waals surface area contributed by atoms with Crippen LogP contribution in [0.4, 0.5) is 0 Å². The summed E-state index contributed by atoms with van der Waals surface area (Å²) in [6.07, 6.45) is 4.34. The van der Waals surface area contributed by atoms with E-state index in [0.29, 0.717) is 5.92 Å². The van der Waals surface area contributed by atoms with Gasteiger partial charge < -0.3 is 0 Å². The SMILES string of the molecule is C=C(C)C(C)(C)C(C)C=CC. The van der Waals surface area contributed by atoms with Crippen LogP contribution in [0.25, 0.3) is 0 Å². The largest absolute Gasteiger partial charge is 0.0996 e. The predicted molar refractivity (Wildman–Crippen MR) is 52.6 cm³/mol. The van der Waals surface area contributed by atoms with Crippen molar-refractivity contribution in [3.05, 3.63) is 24.3 Å². The lowest BCUT2D eigenvalue weighted by molar-refractivity contribution is 0.343. The number of hydrogen-bond donors (Lipinski definition) is 0. The van der Waals surface area contributed by atoms with Gasteiger partial charge in [0.25, 0.3) is 0 Å². The summed E-state index contributed by atoms with van der Waals surface area (Å²) in [6.45, 7) is 14.9. The minimum atomic E-state index is 0.229. The highest BCUT2D eigenvalue weighted by molar-refractivity contribution is 5.09. The van der Waals surface area contributed by atoms with Gasteiger partial charge in [-0.2, -0.15) is 0 Å². The van der Waals surface area contributed by atoms with Crippen LogP contribution in [-0.4, -0.2) is 0 Å². The van der Waals surface area contributed by atoms with Gasteiger partial charge in [-0.1, -0.05) is 45.1 Å². The molecule has 0 saturated carbocycles. The number of hydrogen-bond acceptors (Lipinski definition) is 0. The van der Waals surface area contributed by atoms with E-state index in [1.54, 1.807) is 0 Å². The molecule has 64 valence electrons. The molecule has 0 aromatic heterocycles. The smallest absolute Gasteiger partial charge is 0.00900 e. The maximum absolute atomic E-state index is 4.00. The highest BCUT2D eigenvalue weighted by Crippen LogP contribution is 2.34. The first-order valence-corrected chi connectivity index (χ1v) is 4.21. The molecule has 0 heteroatoms. The summed E-state index contributed by atoms with van der Waals surface area (Å²) in [5.41, 5.74) is 1.48. The third kappa shape index (κ3) is 2.53. The van der Waals surface area contributed by atoms with Crippen molar-refractivity contribution in [2.24, 2.45) is 11.3 Å². The highest BCUT2D eigenvalue weighted by atomic mass is 14.3. The molecule has 0 fully saturated rings. The van der Waals surface area contributed by atoms with E-state index in [0.717, 1.165) is 0 Å². The molecule has 0 nitrogen and oxygen atoms in total. The van der Waals surface area contributed by atoms with Crippen molar-refractivity contribution >= 4 is 0 Å². The maximum Gasteiger partial charge on any atom is -0.00900 e. The van der Waals surface area contributed by atoms with E-state index in [2.05, 4.69) is 53.3 Å². The summed E-state index contributed by atoms with van der Waals surface area (Å²) in [5, 5.41) is 0. The molecule has 0 aliphatic rings. The number of allylic oxidation sites excluding steroid dienone is 3. The molecule has 0 aromatic carbocycles. The summed E-state index contributed by atoms with van der Waals surface area (Å²) in [5.74, 6) is 0.574. The molecule has 0 N–H and O–H groups in total. The quantitative estimate of drug-likeness (QED) is 0.539. The fourth-order valence-corrected chi connectivity index (χ4v) is 0.918. The van der Waals surface area contributed by atoms with Crippen LogP contribution in [0.3, 0.4) is 0 Å². The van der Waals surface area contributed by atoms with Crippen molar-refractivity contribution in [1.82, 2.24) is 0 Å². The molecule has 0 aromatic rings. The van der Waals surface area contributed by atoms with Crippen LogP contribution < -0.4 is 0 Å². The highest BCUT2D eigenvalue weighted by Gasteiger charge is 2.23. The van der Waals surface area contributed by atoms with Gasteiger partial charge in [-0.25, -0.2) is 0 Å². The van der Waals surface area contributed by atoms with E-state index in [4.69, 9.17) is 0 Å². The molecule has 1 unspecified atom stereocenters. The van der Waals surface area contributed by atoms with Gasteiger partial charge in [0, 0.05) is 0 Å². The first-order valence-electron chi connectivity index (χ1n) is 4.21. The molecular weight excluding hydrogens is 132 g/mol. The lowest BCUT2D eigenvalue weighted by Crippen LogP contribution is -2.20. The van der Waals surface area contributed by atoms with E-state index in [9.17, 15) is 0 Å². The van der Waals surface area contributed by atoms with Crippen LogP contribution in [-0.2, 0) is 0 Å². The van der Waals surface area contributed by atoms with E-state index in [1.165, 1.54) is 5.57 Å². The summed E-state index contributed by atoms with van der Waals surface area (Å²) in [4.78, 5) is 0. The lowest BCUT2D eigenvalue weighted by Gasteiger charge is -2.30. The second kappa shape index (κ2) is 3.75. The standard InChI is InChI=1S/C11H20/c1-7-8-10(4)11(5,6)9(2)3/h7-8,10H,2H2,1,3-6H3. The summed E-state index contributed by atoms with van der Waals surface area (Å²) in [6, 6.07) is 0. The van der Waals surface area contributed by atoms with Crippen molar-refractivity contribution in [1.29, 1.82) is 0 Å². The topological polar surface area (TPSA) is 0 Å². The molecule has 0 spiro atoms. The normalized spacial score (nSPS) is 15.4. The Morgan fingerprint density at radius 1 is 1.45 bits per heavy atom. The van der Waals surface area contributed by atoms with Crippen LogP contribution in [0.15, 0.2) is 24.3 Å². The minimum absolute atomic E-state index is 0.229. The van der Waals surface area contributed by atoms with Crippen molar-refractivity contribution in [3.63, 3.8) is 0 Å². The Balaban J connectivity index is 4.41. The van der Waals surface area contributed by atoms with Gasteiger partial charge >= 0.3 is 0 Å². The lowest BCUT2D eigenvalue weighted by atomic mass is 9.75. The Hall–Kier alpha value is -0.520. The molecule has 0 bridgehead atoms. The third-order valence-electron chi connectivity index (χ3n) is 2.72. The molecule has 0 saturated heterocycles. The molecule has 1 atom stereocenters. The second-order valence-electron chi connectivity index (χ2n) is 3.82. The van der Waals surface area contributed by atoms with Crippen LogP contribution in [0.2, 0.25) is 0 Å². The van der Waals surface area contributed by atoms with Crippen LogP contribution in [0.5, 0.6) is 0 Å². The zero-order chi connectivity index (χ0) is 9.07. The fraction of sp³-hybridized carbons (Fsp3) is 0.636.